The molecule has 1 atom stereocenters. The Morgan fingerprint density at radius 2 is 1.73 bits per heavy atom. The minimum atomic E-state index is -1.26. The summed E-state index contributed by atoms with van der Waals surface area (Å²) in [5.74, 6) is -1.63. The third kappa shape index (κ3) is 3.44. The Hall–Kier alpha value is -3.91. The molecule has 2 aromatic carbocycles. The first-order valence-corrected chi connectivity index (χ1v) is 9.20. The second kappa shape index (κ2) is 7.84. The van der Waals surface area contributed by atoms with Crippen LogP contribution < -0.4 is 16.4 Å². The molecule has 3 aromatic rings. The van der Waals surface area contributed by atoms with Gasteiger partial charge in [-0.2, -0.15) is 0 Å². The summed E-state index contributed by atoms with van der Waals surface area (Å²) in [6.07, 6.45) is 0.254. The number of rotatable bonds is 4. The van der Waals surface area contributed by atoms with Gasteiger partial charge in [-0.15, -0.1) is 0 Å². The van der Waals surface area contributed by atoms with Crippen molar-refractivity contribution >= 4 is 23.2 Å². The van der Waals surface area contributed by atoms with Crippen molar-refractivity contribution in [3.8, 4) is 0 Å². The third-order valence-corrected chi connectivity index (χ3v) is 4.83. The maximum atomic E-state index is 14.5. The summed E-state index contributed by atoms with van der Waals surface area (Å²) in [4.78, 5) is 34.8. The molecule has 0 spiro atoms. The first-order valence-electron chi connectivity index (χ1n) is 9.20. The molecule has 0 fully saturated rings. The lowest BCUT2D eigenvalue weighted by atomic mass is 9.99. The number of fused-ring (bicyclic) bond motifs is 1. The minimum Gasteiger partial charge on any atom is -0.366 e. The number of carbonyl (C=O) groups is 2. The number of para-hydroxylation sites is 1. The number of pyridine rings is 1. The SMILES string of the molecule is NC(=O)c1cccnc1CN1C(=O)[C@@H](N)N=C(c2ccccc2F)c2ccccc21. The number of halogens is 1. The number of hydrogen-bond donors (Lipinski definition) is 2. The largest absolute Gasteiger partial charge is 0.366 e. The molecule has 0 unspecified atom stereocenters. The van der Waals surface area contributed by atoms with Gasteiger partial charge in [0.05, 0.1) is 29.2 Å². The average molecular weight is 403 g/mol. The van der Waals surface area contributed by atoms with E-state index >= 15 is 0 Å². The van der Waals surface area contributed by atoms with E-state index in [-0.39, 0.29) is 23.4 Å². The fourth-order valence-corrected chi connectivity index (χ4v) is 3.42. The molecule has 1 aliphatic heterocycles. The zero-order valence-corrected chi connectivity index (χ0v) is 15.8. The Kier molecular flexibility index (Phi) is 5.07. The number of benzene rings is 2. The van der Waals surface area contributed by atoms with E-state index in [1.807, 2.05) is 0 Å². The molecule has 0 aliphatic carbocycles. The van der Waals surface area contributed by atoms with E-state index in [9.17, 15) is 14.0 Å². The molecule has 2 amide bonds. The molecule has 7 nitrogen and oxygen atoms in total. The molecular formula is C22H18FN5O2. The van der Waals surface area contributed by atoms with Crippen LogP contribution in [0.15, 0.2) is 71.9 Å². The number of nitrogens with two attached hydrogens (primary N) is 2. The Balaban J connectivity index is 1.86. The van der Waals surface area contributed by atoms with E-state index in [0.717, 1.165) is 0 Å². The van der Waals surface area contributed by atoms with Crippen LogP contribution >= 0.6 is 0 Å². The van der Waals surface area contributed by atoms with Crippen LogP contribution in [-0.4, -0.2) is 28.7 Å². The highest BCUT2D eigenvalue weighted by atomic mass is 19.1. The van der Waals surface area contributed by atoms with Gasteiger partial charge in [-0.05, 0) is 30.3 Å². The van der Waals surface area contributed by atoms with Crippen LogP contribution in [0.3, 0.4) is 0 Å². The van der Waals surface area contributed by atoms with E-state index in [0.29, 0.717) is 16.9 Å². The summed E-state index contributed by atoms with van der Waals surface area (Å²) in [6.45, 7) is -0.0390. The molecule has 0 saturated heterocycles. The minimum absolute atomic E-state index is 0.0390. The van der Waals surface area contributed by atoms with E-state index in [1.165, 1.54) is 17.2 Å². The predicted molar refractivity (Wildman–Crippen MR) is 110 cm³/mol. The summed E-state index contributed by atoms with van der Waals surface area (Å²) >= 11 is 0. The Bertz CT molecular complexity index is 1180. The normalized spacial score (nSPS) is 15.9. The molecule has 1 aliphatic rings. The molecular weight excluding hydrogens is 385 g/mol. The van der Waals surface area contributed by atoms with Crippen LogP contribution in [0.25, 0.3) is 0 Å². The lowest BCUT2D eigenvalue weighted by molar-refractivity contribution is -0.119. The lowest BCUT2D eigenvalue weighted by Crippen LogP contribution is -2.42. The number of aromatic nitrogens is 1. The van der Waals surface area contributed by atoms with Crippen LogP contribution in [0.4, 0.5) is 10.1 Å². The number of amides is 2. The molecule has 1 aromatic heterocycles. The standard InChI is InChI=1S/C22H18FN5O2/c23-16-9-3-1-6-13(16)19-15-7-2-4-10-18(15)28(22(30)20(24)27-19)12-17-14(21(25)29)8-5-11-26-17/h1-11,20H,12,24H2,(H2,25,29)/t20-/m0/s1. The molecule has 4 N–H and O–H groups in total. The van der Waals surface area contributed by atoms with Gasteiger partial charge in [0, 0.05) is 17.3 Å². The third-order valence-electron chi connectivity index (χ3n) is 4.83. The zero-order chi connectivity index (χ0) is 21.3. The quantitative estimate of drug-likeness (QED) is 0.693. The van der Waals surface area contributed by atoms with Gasteiger partial charge in [-0.3, -0.25) is 19.6 Å². The Labute approximate surface area is 171 Å². The maximum Gasteiger partial charge on any atom is 0.266 e. The van der Waals surface area contributed by atoms with Gasteiger partial charge in [-0.25, -0.2) is 4.39 Å². The molecule has 0 bridgehead atoms. The van der Waals surface area contributed by atoms with Crippen molar-refractivity contribution in [2.45, 2.75) is 12.7 Å². The van der Waals surface area contributed by atoms with Gasteiger partial charge in [0.1, 0.15) is 5.82 Å². The van der Waals surface area contributed by atoms with Crippen molar-refractivity contribution < 1.29 is 14.0 Å². The van der Waals surface area contributed by atoms with Crippen molar-refractivity contribution in [2.75, 3.05) is 4.90 Å². The van der Waals surface area contributed by atoms with E-state index < -0.39 is 23.8 Å². The summed E-state index contributed by atoms with van der Waals surface area (Å²) < 4.78 is 14.5. The Morgan fingerprint density at radius 1 is 1.03 bits per heavy atom. The van der Waals surface area contributed by atoms with E-state index in [2.05, 4.69) is 9.98 Å². The second-order valence-corrected chi connectivity index (χ2v) is 6.71. The van der Waals surface area contributed by atoms with E-state index in [4.69, 9.17) is 11.5 Å². The van der Waals surface area contributed by atoms with Crippen molar-refractivity contribution in [1.29, 1.82) is 0 Å². The fourth-order valence-electron chi connectivity index (χ4n) is 3.42. The van der Waals surface area contributed by atoms with E-state index in [1.54, 1.807) is 54.6 Å². The average Bonchev–Trinajstić information content (AvgIpc) is 2.85. The number of nitrogens with zero attached hydrogens (tertiary/aromatic N) is 3. The number of primary amides is 1. The van der Waals surface area contributed by atoms with Crippen molar-refractivity contribution in [3.05, 3.63) is 95.1 Å². The van der Waals surface area contributed by atoms with Crippen LogP contribution in [0.1, 0.15) is 27.2 Å². The number of anilines is 1. The number of hydrogen-bond acceptors (Lipinski definition) is 5. The number of carbonyl (C=O) groups excluding carboxylic acids is 2. The van der Waals surface area contributed by atoms with Gasteiger partial charge in [-0.1, -0.05) is 30.3 Å². The molecule has 4 rings (SSSR count). The highest BCUT2D eigenvalue weighted by Gasteiger charge is 2.31. The number of benzodiazepines with no additional fused rings is 1. The van der Waals surface area contributed by atoms with Gasteiger partial charge in [0.15, 0.2) is 6.17 Å². The summed E-state index contributed by atoms with van der Waals surface area (Å²) in [5, 5.41) is 0. The number of aliphatic imine (C=N–C) groups is 1. The van der Waals surface area contributed by atoms with Crippen molar-refractivity contribution in [2.24, 2.45) is 16.5 Å². The maximum absolute atomic E-state index is 14.5. The summed E-state index contributed by atoms with van der Waals surface area (Å²) in [5.41, 5.74) is 13.6. The van der Waals surface area contributed by atoms with Gasteiger partial charge >= 0.3 is 0 Å². The zero-order valence-electron chi connectivity index (χ0n) is 15.8. The summed E-state index contributed by atoms with van der Waals surface area (Å²) in [7, 11) is 0. The molecule has 8 heteroatoms. The van der Waals surface area contributed by atoms with Gasteiger partial charge in [0.2, 0.25) is 0 Å². The monoisotopic (exact) mass is 403 g/mol. The second-order valence-electron chi connectivity index (χ2n) is 6.71. The molecule has 0 radical (unpaired) electrons. The van der Waals surface area contributed by atoms with Crippen LogP contribution in [0.5, 0.6) is 0 Å². The highest BCUT2D eigenvalue weighted by molar-refractivity contribution is 6.20. The first-order chi connectivity index (χ1) is 14.5. The predicted octanol–water partition coefficient (Wildman–Crippen LogP) is 1.99. The van der Waals surface area contributed by atoms with Gasteiger partial charge in [0.25, 0.3) is 11.8 Å². The molecule has 150 valence electrons. The smallest absolute Gasteiger partial charge is 0.266 e. The molecule has 2 heterocycles. The Morgan fingerprint density at radius 3 is 2.47 bits per heavy atom. The molecule has 0 saturated carbocycles. The lowest BCUT2D eigenvalue weighted by Gasteiger charge is -2.24. The van der Waals surface area contributed by atoms with Crippen LogP contribution in [0, 0.1) is 5.82 Å². The van der Waals surface area contributed by atoms with Crippen LogP contribution in [-0.2, 0) is 11.3 Å². The van der Waals surface area contributed by atoms with Gasteiger partial charge < -0.3 is 16.4 Å². The van der Waals surface area contributed by atoms with Crippen molar-refractivity contribution in [3.63, 3.8) is 0 Å². The highest BCUT2D eigenvalue weighted by Crippen LogP contribution is 2.30. The first kappa shape index (κ1) is 19.4. The summed E-state index contributed by atoms with van der Waals surface area (Å²) in [6, 6.07) is 16.3. The fraction of sp³-hybridized carbons (Fsp3) is 0.0909. The van der Waals surface area contributed by atoms with Crippen LogP contribution in [0.2, 0.25) is 0 Å². The van der Waals surface area contributed by atoms with Crippen molar-refractivity contribution in [1.82, 2.24) is 4.98 Å². The topological polar surface area (TPSA) is 115 Å². The molecule has 30 heavy (non-hydrogen) atoms.